The second-order valence-corrected chi connectivity index (χ2v) is 4.86. The van der Waals surface area contributed by atoms with Crippen LogP contribution in [-0.4, -0.2) is 14.3 Å². The molecule has 0 radical (unpaired) electrons. The van der Waals surface area contributed by atoms with Crippen molar-refractivity contribution in [3.05, 3.63) is 27.1 Å². The molecule has 6 nitrogen and oxygen atoms in total. The number of aromatic nitrogens is 3. The summed E-state index contributed by atoms with van der Waals surface area (Å²) in [6.07, 6.45) is 6.66. The van der Waals surface area contributed by atoms with Crippen LogP contribution in [0, 0.1) is 0 Å². The fraction of sp³-hybridized carbons (Fsp3) is 0.583. The Morgan fingerprint density at radius 1 is 1.28 bits per heavy atom. The third-order valence-electron chi connectivity index (χ3n) is 3.75. The van der Waals surface area contributed by atoms with Crippen molar-refractivity contribution >= 4 is 11.0 Å². The summed E-state index contributed by atoms with van der Waals surface area (Å²) < 4.78 is 7.62. The standard InChI is InChI=1S/C12H15N3O3/c1-14-11(16)9-7-18-13-10(9)15(12(14)17)8-5-3-2-4-6-8/h7-8H,2-6H2,1H3. The molecule has 3 rings (SSSR count). The summed E-state index contributed by atoms with van der Waals surface area (Å²) >= 11 is 0. The van der Waals surface area contributed by atoms with Crippen molar-refractivity contribution < 1.29 is 4.52 Å². The topological polar surface area (TPSA) is 70.0 Å². The van der Waals surface area contributed by atoms with E-state index in [-0.39, 0.29) is 17.3 Å². The highest BCUT2D eigenvalue weighted by Crippen LogP contribution is 2.28. The van der Waals surface area contributed by atoms with Gasteiger partial charge in [0.1, 0.15) is 11.6 Å². The first-order chi connectivity index (χ1) is 8.70. The normalized spacial score (nSPS) is 17.4. The average Bonchev–Trinajstić information content (AvgIpc) is 2.87. The maximum atomic E-state index is 12.2. The lowest BCUT2D eigenvalue weighted by Gasteiger charge is -2.24. The van der Waals surface area contributed by atoms with Gasteiger partial charge in [0.15, 0.2) is 5.65 Å². The van der Waals surface area contributed by atoms with Crippen LogP contribution in [-0.2, 0) is 7.05 Å². The van der Waals surface area contributed by atoms with Gasteiger partial charge in [-0.25, -0.2) is 4.79 Å². The number of hydrogen-bond acceptors (Lipinski definition) is 4. The number of rotatable bonds is 1. The molecule has 6 heteroatoms. The Morgan fingerprint density at radius 3 is 2.72 bits per heavy atom. The minimum Gasteiger partial charge on any atom is -0.362 e. The first-order valence-electron chi connectivity index (χ1n) is 6.26. The van der Waals surface area contributed by atoms with E-state index in [1.165, 1.54) is 19.7 Å². The lowest BCUT2D eigenvalue weighted by molar-refractivity contribution is 0.339. The molecule has 0 spiro atoms. The van der Waals surface area contributed by atoms with Crippen LogP contribution in [0.1, 0.15) is 38.1 Å². The average molecular weight is 249 g/mol. The molecule has 0 aromatic carbocycles. The molecule has 0 amide bonds. The van der Waals surface area contributed by atoms with Crippen molar-refractivity contribution in [2.75, 3.05) is 0 Å². The van der Waals surface area contributed by atoms with Crippen LogP contribution in [0.3, 0.4) is 0 Å². The van der Waals surface area contributed by atoms with Gasteiger partial charge in [0.25, 0.3) is 5.56 Å². The van der Waals surface area contributed by atoms with Crippen LogP contribution >= 0.6 is 0 Å². The third-order valence-corrected chi connectivity index (χ3v) is 3.75. The molecule has 0 aliphatic heterocycles. The van der Waals surface area contributed by atoms with Crippen LogP contribution in [0.4, 0.5) is 0 Å². The van der Waals surface area contributed by atoms with Crippen LogP contribution in [0.5, 0.6) is 0 Å². The molecule has 0 saturated heterocycles. The quantitative estimate of drug-likeness (QED) is 0.761. The predicted molar refractivity (Wildman–Crippen MR) is 65.6 cm³/mol. The lowest BCUT2D eigenvalue weighted by Crippen LogP contribution is -2.40. The Bertz CT molecular complexity index is 689. The van der Waals surface area contributed by atoms with Crippen molar-refractivity contribution in [2.24, 2.45) is 7.05 Å². The monoisotopic (exact) mass is 249 g/mol. The Labute approximate surface area is 103 Å². The Morgan fingerprint density at radius 2 is 2.00 bits per heavy atom. The fourth-order valence-electron chi connectivity index (χ4n) is 2.74. The van der Waals surface area contributed by atoms with E-state index in [1.54, 1.807) is 4.57 Å². The van der Waals surface area contributed by atoms with Crippen molar-refractivity contribution in [1.82, 2.24) is 14.3 Å². The largest absolute Gasteiger partial charge is 0.362 e. The summed E-state index contributed by atoms with van der Waals surface area (Å²) in [6.45, 7) is 0. The van der Waals surface area contributed by atoms with Gasteiger partial charge in [-0.15, -0.1) is 0 Å². The molecule has 1 aliphatic rings. The third kappa shape index (κ3) is 1.52. The summed E-state index contributed by atoms with van der Waals surface area (Å²) in [6, 6.07) is 0.130. The zero-order valence-electron chi connectivity index (χ0n) is 10.3. The highest BCUT2D eigenvalue weighted by molar-refractivity contribution is 5.72. The zero-order chi connectivity index (χ0) is 12.7. The van der Waals surface area contributed by atoms with Crippen molar-refractivity contribution in [3.63, 3.8) is 0 Å². The second kappa shape index (κ2) is 4.12. The first-order valence-corrected chi connectivity index (χ1v) is 6.26. The molecule has 1 aliphatic carbocycles. The second-order valence-electron chi connectivity index (χ2n) is 4.86. The molecule has 2 heterocycles. The fourth-order valence-corrected chi connectivity index (χ4v) is 2.74. The zero-order valence-corrected chi connectivity index (χ0v) is 10.3. The molecule has 1 saturated carbocycles. The van der Waals surface area contributed by atoms with Gasteiger partial charge >= 0.3 is 5.69 Å². The number of nitrogens with zero attached hydrogens (tertiary/aromatic N) is 3. The number of fused-ring (bicyclic) bond motifs is 1. The minimum atomic E-state index is -0.344. The summed E-state index contributed by atoms with van der Waals surface area (Å²) in [5.74, 6) is 0. The maximum absolute atomic E-state index is 12.2. The summed E-state index contributed by atoms with van der Waals surface area (Å²) in [4.78, 5) is 24.1. The van der Waals surface area contributed by atoms with E-state index in [0.29, 0.717) is 11.0 Å². The summed E-state index contributed by atoms with van der Waals surface area (Å²) in [7, 11) is 1.50. The summed E-state index contributed by atoms with van der Waals surface area (Å²) in [5.41, 5.74) is -0.258. The van der Waals surface area contributed by atoms with Gasteiger partial charge in [0.2, 0.25) is 0 Å². The van der Waals surface area contributed by atoms with Gasteiger partial charge < -0.3 is 4.52 Å². The maximum Gasteiger partial charge on any atom is 0.332 e. The van der Waals surface area contributed by atoms with Gasteiger partial charge in [-0.3, -0.25) is 13.9 Å². The Kier molecular flexibility index (Phi) is 2.57. The van der Waals surface area contributed by atoms with Crippen LogP contribution < -0.4 is 11.2 Å². The van der Waals surface area contributed by atoms with Gasteiger partial charge in [-0.2, -0.15) is 0 Å². The smallest absolute Gasteiger partial charge is 0.332 e. The Hall–Kier alpha value is -1.85. The predicted octanol–water partition coefficient (Wildman–Crippen LogP) is 1.19. The van der Waals surface area contributed by atoms with Gasteiger partial charge in [0.05, 0.1) is 0 Å². The van der Waals surface area contributed by atoms with Gasteiger partial charge in [-0.05, 0) is 12.8 Å². The van der Waals surface area contributed by atoms with E-state index in [1.807, 2.05) is 0 Å². The number of hydrogen-bond donors (Lipinski definition) is 0. The van der Waals surface area contributed by atoms with Crippen LogP contribution in [0.2, 0.25) is 0 Å². The highest BCUT2D eigenvalue weighted by atomic mass is 16.5. The minimum absolute atomic E-state index is 0.130. The molecule has 18 heavy (non-hydrogen) atoms. The lowest BCUT2D eigenvalue weighted by atomic mass is 9.95. The molecule has 2 aromatic rings. The first kappa shape index (κ1) is 11.3. The van der Waals surface area contributed by atoms with E-state index in [4.69, 9.17) is 4.52 Å². The molecule has 0 unspecified atom stereocenters. The van der Waals surface area contributed by atoms with E-state index in [9.17, 15) is 9.59 Å². The molecular formula is C12H15N3O3. The molecule has 0 bridgehead atoms. The summed E-state index contributed by atoms with van der Waals surface area (Å²) in [5, 5.41) is 4.21. The molecule has 0 N–H and O–H groups in total. The Balaban J connectivity index is 2.30. The van der Waals surface area contributed by atoms with Crippen LogP contribution in [0.15, 0.2) is 20.4 Å². The SMILES string of the molecule is Cn1c(=O)c2conc2n(C2CCCCC2)c1=O. The molecule has 1 fully saturated rings. The van der Waals surface area contributed by atoms with Crippen molar-refractivity contribution in [3.8, 4) is 0 Å². The molecule has 0 atom stereocenters. The van der Waals surface area contributed by atoms with Crippen LogP contribution in [0.25, 0.3) is 11.0 Å². The molecule has 96 valence electrons. The van der Waals surface area contributed by atoms with Gasteiger partial charge in [-0.1, -0.05) is 24.4 Å². The molecule has 2 aromatic heterocycles. The van der Waals surface area contributed by atoms with E-state index < -0.39 is 0 Å². The van der Waals surface area contributed by atoms with Crippen molar-refractivity contribution in [1.29, 1.82) is 0 Å². The molecular weight excluding hydrogens is 234 g/mol. The van der Waals surface area contributed by atoms with E-state index in [2.05, 4.69) is 5.16 Å². The van der Waals surface area contributed by atoms with E-state index in [0.717, 1.165) is 30.3 Å². The van der Waals surface area contributed by atoms with Crippen molar-refractivity contribution in [2.45, 2.75) is 38.1 Å². The van der Waals surface area contributed by atoms with E-state index >= 15 is 0 Å². The van der Waals surface area contributed by atoms with Gasteiger partial charge in [0, 0.05) is 13.1 Å². The highest BCUT2D eigenvalue weighted by Gasteiger charge is 2.22.